The van der Waals surface area contributed by atoms with Crippen molar-refractivity contribution in [3.63, 3.8) is 0 Å². The highest BCUT2D eigenvalue weighted by Gasteiger charge is 2.26. The molecule has 4 nitrogen and oxygen atoms in total. The zero-order valence-corrected chi connectivity index (χ0v) is 15.4. The lowest BCUT2D eigenvalue weighted by Gasteiger charge is -2.34. The lowest BCUT2D eigenvalue weighted by Crippen LogP contribution is -2.38. The molecule has 0 heterocycles. The molecule has 134 valence electrons. The van der Waals surface area contributed by atoms with Crippen molar-refractivity contribution in [1.82, 2.24) is 4.90 Å². The third kappa shape index (κ3) is 4.09. The van der Waals surface area contributed by atoms with Gasteiger partial charge in [0, 0.05) is 5.57 Å². The Morgan fingerprint density at radius 3 is 2.36 bits per heavy atom. The van der Waals surface area contributed by atoms with E-state index in [0.29, 0.717) is 0 Å². The van der Waals surface area contributed by atoms with Crippen LogP contribution in [0.3, 0.4) is 0 Å². The van der Waals surface area contributed by atoms with Gasteiger partial charge in [0.15, 0.2) is 0 Å². The number of aryl methyl sites for hydroxylation is 1. The SMILES string of the molecule is C=NC1=CCC=C(C)C(c2ccc(C)cc2)=C1N(CO)[C@@H](CC)CO. The molecule has 0 saturated heterocycles. The molecular weight excluding hydrogens is 312 g/mol. The standard InChI is InChI=1S/C21H28N2O2/c1-5-18(13-24)23(14-25)21-19(22-4)8-6-7-16(3)20(21)17-11-9-15(2)10-12-17/h7-12,18,24-25H,4-6,13-14H2,1-3H3/t18-/m0/s1. The zero-order chi connectivity index (χ0) is 18.4. The summed E-state index contributed by atoms with van der Waals surface area (Å²) < 4.78 is 0. The van der Waals surface area contributed by atoms with Crippen molar-refractivity contribution in [3.8, 4) is 0 Å². The fourth-order valence-corrected chi connectivity index (χ4v) is 3.19. The molecule has 2 rings (SSSR count). The van der Waals surface area contributed by atoms with Crippen LogP contribution in [0.1, 0.15) is 37.8 Å². The number of hydrogen-bond donors (Lipinski definition) is 2. The zero-order valence-electron chi connectivity index (χ0n) is 15.4. The third-order valence-electron chi connectivity index (χ3n) is 4.68. The average Bonchev–Trinajstić information content (AvgIpc) is 2.79. The van der Waals surface area contributed by atoms with Gasteiger partial charge in [-0.15, -0.1) is 0 Å². The van der Waals surface area contributed by atoms with Crippen LogP contribution in [-0.4, -0.2) is 41.2 Å². The second-order valence-corrected chi connectivity index (χ2v) is 6.32. The molecule has 0 aliphatic heterocycles. The van der Waals surface area contributed by atoms with Crippen LogP contribution in [0.2, 0.25) is 0 Å². The van der Waals surface area contributed by atoms with E-state index in [0.717, 1.165) is 40.9 Å². The van der Waals surface area contributed by atoms with Crippen molar-refractivity contribution < 1.29 is 10.2 Å². The first-order chi connectivity index (χ1) is 12.1. The summed E-state index contributed by atoms with van der Waals surface area (Å²) >= 11 is 0. The maximum absolute atomic E-state index is 10.1. The van der Waals surface area contributed by atoms with Crippen LogP contribution in [0.5, 0.6) is 0 Å². The molecule has 0 amide bonds. The second kappa shape index (κ2) is 8.79. The van der Waals surface area contributed by atoms with Gasteiger partial charge in [0.25, 0.3) is 0 Å². The van der Waals surface area contributed by atoms with Gasteiger partial charge in [0.2, 0.25) is 0 Å². The first-order valence-corrected chi connectivity index (χ1v) is 8.71. The Hall–Kier alpha value is -2.17. The Kier molecular flexibility index (Phi) is 6.73. The molecule has 0 fully saturated rings. The minimum absolute atomic E-state index is 0.0328. The minimum Gasteiger partial charge on any atom is -0.394 e. The van der Waals surface area contributed by atoms with E-state index in [2.05, 4.69) is 55.9 Å². The van der Waals surface area contributed by atoms with Gasteiger partial charge in [0.05, 0.1) is 24.0 Å². The van der Waals surface area contributed by atoms with Gasteiger partial charge in [-0.25, -0.2) is 0 Å². The van der Waals surface area contributed by atoms with Crippen LogP contribution in [0.25, 0.3) is 5.57 Å². The van der Waals surface area contributed by atoms with Gasteiger partial charge in [0.1, 0.15) is 6.73 Å². The Bertz CT molecular complexity index is 695. The molecule has 0 spiro atoms. The van der Waals surface area contributed by atoms with Crippen molar-refractivity contribution in [2.75, 3.05) is 13.3 Å². The molecule has 25 heavy (non-hydrogen) atoms. The molecular formula is C21H28N2O2. The summed E-state index contributed by atoms with van der Waals surface area (Å²) in [7, 11) is 0. The van der Waals surface area contributed by atoms with E-state index in [9.17, 15) is 10.2 Å². The molecule has 2 N–H and O–H groups in total. The van der Waals surface area contributed by atoms with Gasteiger partial charge >= 0.3 is 0 Å². The summed E-state index contributed by atoms with van der Waals surface area (Å²) in [5, 5.41) is 19.9. The van der Waals surface area contributed by atoms with Crippen molar-refractivity contribution in [3.05, 3.63) is 64.5 Å². The van der Waals surface area contributed by atoms with E-state index in [1.54, 1.807) is 0 Å². The molecule has 0 bridgehead atoms. The predicted octanol–water partition coefficient (Wildman–Crippen LogP) is 3.66. The Morgan fingerprint density at radius 2 is 1.84 bits per heavy atom. The average molecular weight is 340 g/mol. The number of aliphatic hydroxyl groups excluding tert-OH is 2. The van der Waals surface area contributed by atoms with Crippen molar-refractivity contribution in [1.29, 1.82) is 0 Å². The summed E-state index contributed by atoms with van der Waals surface area (Å²) in [6.07, 6.45) is 5.64. The molecule has 1 atom stereocenters. The van der Waals surface area contributed by atoms with E-state index >= 15 is 0 Å². The number of aliphatic imine (C=N–C) groups is 1. The number of benzene rings is 1. The van der Waals surface area contributed by atoms with Crippen LogP contribution in [0.15, 0.2) is 58.4 Å². The van der Waals surface area contributed by atoms with Crippen molar-refractivity contribution >= 4 is 12.3 Å². The normalized spacial score (nSPS) is 16.0. The minimum atomic E-state index is -0.191. The number of aliphatic hydroxyl groups is 2. The summed E-state index contributed by atoms with van der Waals surface area (Å²) in [6, 6.07) is 8.15. The fourth-order valence-electron chi connectivity index (χ4n) is 3.19. The first-order valence-electron chi connectivity index (χ1n) is 8.71. The highest BCUT2D eigenvalue weighted by Crippen LogP contribution is 2.36. The van der Waals surface area contributed by atoms with Gasteiger partial charge in [-0.1, -0.05) is 48.9 Å². The molecule has 1 aliphatic rings. The van der Waals surface area contributed by atoms with Gasteiger partial charge in [-0.3, -0.25) is 4.99 Å². The third-order valence-corrected chi connectivity index (χ3v) is 4.68. The summed E-state index contributed by atoms with van der Waals surface area (Å²) in [5.74, 6) is 0. The summed E-state index contributed by atoms with van der Waals surface area (Å²) in [5.41, 5.74) is 5.98. The van der Waals surface area contributed by atoms with E-state index in [-0.39, 0.29) is 19.4 Å². The topological polar surface area (TPSA) is 56.1 Å². The number of hydrogen-bond acceptors (Lipinski definition) is 4. The lowest BCUT2D eigenvalue weighted by molar-refractivity contribution is 0.0691. The summed E-state index contributed by atoms with van der Waals surface area (Å²) in [6.45, 7) is 9.64. The molecule has 1 aromatic rings. The van der Waals surface area contributed by atoms with E-state index in [4.69, 9.17) is 0 Å². The molecule has 0 radical (unpaired) electrons. The highest BCUT2D eigenvalue weighted by molar-refractivity contribution is 5.84. The molecule has 0 unspecified atom stereocenters. The number of allylic oxidation sites excluding steroid dienone is 4. The van der Waals surface area contributed by atoms with Gasteiger partial charge in [-0.05, 0) is 44.5 Å². The monoisotopic (exact) mass is 340 g/mol. The van der Waals surface area contributed by atoms with Crippen molar-refractivity contribution in [2.45, 2.75) is 39.7 Å². The van der Waals surface area contributed by atoms with Gasteiger partial charge < -0.3 is 15.1 Å². The number of nitrogens with zero attached hydrogens (tertiary/aromatic N) is 2. The van der Waals surface area contributed by atoms with Crippen molar-refractivity contribution in [2.24, 2.45) is 4.99 Å². The molecule has 0 saturated carbocycles. The second-order valence-electron chi connectivity index (χ2n) is 6.32. The first kappa shape index (κ1) is 19.2. The maximum atomic E-state index is 10.1. The maximum Gasteiger partial charge on any atom is 0.116 e. The molecule has 0 aromatic heterocycles. The van der Waals surface area contributed by atoms with Crippen LogP contribution in [0.4, 0.5) is 0 Å². The molecule has 1 aromatic carbocycles. The van der Waals surface area contributed by atoms with Crippen LogP contribution < -0.4 is 0 Å². The molecule has 1 aliphatic carbocycles. The van der Waals surface area contributed by atoms with Crippen LogP contribution in [0, 0.1) is 6.92 Å². The fraction of sp³-hybridized carbons (Fsp3) is 0.381. The predicted molar refractivity (Wildman–Crippen MR) is 104 cm³/mol. The summed E-state index contributed by atoms with van der Waals surface area (Å²) in [4.78, 5) is 6.05. The molecule has 4 heteroatoms. The van der Waals surface area contributed by atoms with E-state index in [1.165, 1.54) is 5.56 Å². The Morgan fingerprint density at radius 1 is 1.16 bits per heavy atom. The Labute approximate surface area is 150 Å². The smallest absolute Gasteiger partial charge is 0.116 e. The largest absolute Gasteiger partial charge is 0.394 e. The van der Waals surface area contributed by atoms with E-state index < -0.39 is 0 Å². The van der Waals surface area contributed by atoms with Crippen LogP contribution in [-0.2, 0) is 0 Å². The van der Waals surface area contributed by atoms with Gasteiger partial charge in [-0.2, -0.15) is 0 Å². The highest BCUT2D eigenvalue weighted by atomic mass is 16.3. The van der Waals surface area contributed by atoms with Crippen LogP contribution >= 0.6 is 0 Å². The lowest BCUT2D eigenvalue weighted by atomic mass is 9.94. The van der Waals surface area contributed by atoms with E-state index in [1.807, 2.05) is 17.9 Å². The Balaban J connectivity index is 2.76. The number of rotatable bonds is 7. The quantitative estimate of drug-likeness (QED) is 0.588.